The van der Waals surface area contributed by atoms with Gasteiger partial charge in [-0.3, -0.25) is 0 Å². The van der Waals surface area contributed by atoms with Gasteiger partial charge in [-0.1, -0.05) is 11.6 Å². The molecule has 0 spiro atoms. The van der Waals surface area contributed by atoms with E-state index in [4.69, 9.17) is 21.1 Å². The van der Waals surface area contributed by atoms with Crippen LogP contribution in [0.3, 0.4) is 0 Å². The van der Waals surface area contributed by atoms with Crippen molar-refractivity contribution in [1.29, 1.82) is 0 Å². The maximum absolute atomic E-state index is 13.6. The first-order chi connectivity index (χ1) is 8.70. The number of ether oxygens (including phenoxy) is 2. The molecule has 0 aliphatic rings. The second-order valence-electron chi connectivity index (χ2n) is 3.54. The Bertz CT molecular complexity index is 548. The molecule has 2 rings (SSSR count). The maximum atomic E-state index is 13.6. The molecule has 0 fully saturated rings. The smallest absolute Gasteiger partial charge is 0.171 e. The number of halogens is 2. The zero-order valence-electron chi connectivity index (χ0n) is 9.69. The summed E-state index contributed by atoms with van der Waals surface area (Å²) in [6, 6.07) is 7.97. The van der Waals surface area contributed by atoms with Crippen molar-refractivity contribution in [2.75, 3.05) is 7.11 Å². The Hall–Kier alpha value is -1.81. The summed E-state index contributed by atoms with van der Waals surface area (Å²) in [5.74, 6) is 0.513. The molecule has 0 bridgehead atoms. The topological polar surface area (TPSA) is 31.4 Å². The van der Waals surface area contributed by atoms with E-state index in [9.17, 15) is 4.39 Å². The maximum Gasteiger partial charge on any atom is 0.171 e. The Morgan fingerprint density at radius 1 is 1.33 bits per heavy atom. The summed E-state index contributed by atoms with van der Waals surface area (Å²) in [5.41, 5.74) is 0.427. The Labute approximate surface area is 109 Å². The van der Waals surface area contributed by atoms with E-state index >= 15 is 0 Å². The summed E-state index contributed by atoms with van der Waals surface area (Å²) in [6.07, 6.45) is 1.56. The van der Waals surface area contributed by atoms with Crippen molar-refractivity contribution >= 4 is 11.6 Å². The molecule has 3 nitrogen and oxygen atoms in total. The highest BCUT2D eigenvalue weighted by molar-refractivity contribution is 6.30. The third kappa shape index (κ3) is 2.90. The highest BCUT2D eigenvalue weighted by Crippen LogP contribution is 2.23. The normalized spacial score (nSPS) is 10.2. The third-order valence-electron chi connectivity index (χ3n) is 2.37. The molecule has 1 aromatic carbocycles. The lowest BCUT2D eigenvalue weighted by molar-refractivity contribution is 0.298. The van der Waals surface area contributed by atoms with Crippen LogP contribution in [0.15, 0.2) is 36.5 Å². The lowest BCUT2D eigenvalue weighted by Crippen LogP contribution is -1.99. The van der Waals surface area contributed by atoms with Crippen LogP contribution in [0.1, 0.15) is 5.56 Å². The molecular formula is C13H11ClFNO2. The lowest BCUT2D eigenvalue weighted by Gasteiger charge is -2.08. The van der Waals surface area contributed by atoms with E-state index in [1.54, 1.807) is 30.5 Å². The number of benzene rings is 1. The number of hydrogen-bond acceptors (Lipinski definition) is 3. The predicted octanol–water partition coefficient (Wildman–Crippen LogP) is 3.46. The lowest BCUT2D eigenvalue weighted by atomic mass is 10.2. The average Bonchev–Trinajstić information content (AvgIpc) is 2.39. The van der Waals surface area contributed by atoms with E-state index in [2.05, 4.69) is 4.98 Å². The van der Waals surface area contributed by atoms with Gasteiger partial charge in [0, 0.05) is 17.8 Å². The Balaban J connectivity index is 2.09. The summed E-state index contributed by atoms with van der Waals surface area (Å²) in [5, 5.41) is 0.256. The molecule has 0 saturated carbocycles. The van der Waals surface area contributed by atoms with Crippen LogP contribution in [-0.4, -0.2) is 12.1 Å². The number of hydrogen-bond donors (Lipinski definition) is 0. The van der Waals surface area contributed by atoms with Crippen molar-refractivity contribution in [2.24, 2.45) is 0 Å². The van der Waals surface area contributed by atoms with E-state index in [0.29, 0.717) is 17.1 Å². The van der Waals surface area contributed by atoms with Gasteiger partial charge in [-0.15, -0.1) is 0 Å². The van der Waals surface area contributed by atoms with Gasteiger partial charge in [-0.2, -0.15) is 0 Å². The molecule has 0 aliphatic carbocycles. The van der Waals surface area contributed by atoms with Gasteiger partial charge in [0.1, 0.15) is 18.2 Å². The fourth-order valence-corrected chi connectivity index (χ4v) is 1.58. The zero-order valence-corrected chi connectivity index (χ0v) is 10.4. The summed E-state index contributed by atoms with van der Waals surface area (Å²) in [7, 11) is 1.49. The van der Waals surface area contributed by atoms with E-state index in [1.165, 1.54) is 13.2 Å². The van der Waals surface area contributed by atoms with Crippen LogP contribution in [-0.2, 0) is 6.61 Å². The van der Waals surface area contributed by atoms with E-state index in [0.717, 1.165) is 0 Å². The highest BCUT2D eigenvalue weighted by atomic mass is 35.5. The monoisotopic (exact) mass is 267 g/mol. The predicted molar refractivity (Wildman–Crippen MR) is 66.5 cm³/mol. The van der Waals surface area contributed by atoms with Crippen LogP contribution < -0.4 is 9.47 Å². The molecule has 0 N–H and O–H groups in total. The molecule has 1 heterocycles. The standard InChI is InChI=1S/C13H11ClFNO2/c1-17-10-5-4-9(11(15)7-10)8-18-12-3-2-6-16-13(12)14/h2-7H,8H2,1H3. The van der Waals surface area contributed by atoms with Crippen LogP contribution in [0.5, 0.6) is 11.5 Å². The number of aromatic nitrogens is 1. The molecule has 0 amide bonds. The minimum Gasteiger partial charge on any atom is -0.497 e. The van der Waals surface area contributed by atoms with Gasteiger partial charge >= 0.3 is 0 Å². The van der Waals surface area contributed by atoms with Crippen LogP contribution in [0.25, 0.3) is 0 Å². The summed E-state index contributed by atoms with van der Waals surface area (Å²) in [6.45, 7) is 0.0846. The minimum atomic E-state index is -0.380. The quantitative estimate of drug-likeness (QED) is 0.795. The van der Waals surface area contributed by atoms with Gasteiger partial charge in [0.2, 0.25) is 0 Å². The van der Waals surface area contributed by atoms with Crippen molar-refractivity contribution in [3.8, 4) is 11.5 Å². The Kier molecular flexibility index (Phi) is 3.99. The number of nitrogens with zero attached hydrogens (tertiary/aromatic N) is 1. The zero-order chi connectivity index (χ0) is 13.0. The van der Waals surface area contributed by atoms with Gasteiger partial charge in [-0.05, 0) is 24.3 Å². The van der Waals surface area contributed by atoms with Crippen molar-refractivity contribution in [1.82, 2.24) is 4.98 Å². The van der Waals surface area contributed by atoms with Gasteiger partial charge in [0.05, 0.1) is 7.11 Å². The molecule has 18 heavy (non-hydrogen) atoms. The van der Waals surface area contributed by atoms with Crippen molar-refractivity contribution in [3.63, 3.8) is 0 Å². The molecule has 5 heteroatoms. The largest absolute Gasteiger partial charge is 0.497 e. The first-order valence-corrected chi connectivity index (χ1v) is 5.64. The van der Waals surface area contributed by atoms with Crippen molar-refractivity contribution in [2.45, 2.75) is 6.61 Å². The summed E-state index contributed by atoms with van der Waals surface area (Å²) >= 11 is 5.83. The summed E-state index contributed by atoms with van der Waals surface area (Å²) < 4.78 is 24.0. The molecule has 0 radical (unpaired) electrons. The molecule has 1 aromatic heterocycles. The molecule has 0 atom stereocenters. The molecule has 0 aliphatic heterocycles. The van der Waals surface area contributed by atoms with E-state index < -0.39 is 0 Å². The Morgan fingerprint density at radius 3 is 2.83 bits per heavy atom. The van der Waals surface area contributed by atoms with Gasteiger partial charge < -0.3 is 9.47 Å². The first-order valence-electron chi connectivity index (χ1n) is 5.26. The second kappa shape index (κ2) is 5.69. The fraction of sp³-hybridized carbons (Fsp3) is 0.154. The van der Waals surface area contributed by atoms with Gasteiger partial charge in [0.25, 0.3) is 0 Å². The van der Waals surface area contributed by atoms with E-state index in [-0.39, 0.29) is 17.6 Å². The number of methoxy groups -OCH3 is 1. The number of rotatable bonds is 4. The van der Waals surface area contributed by atoms with Crippen molar-refractivity contribution in [3.05, 3.63) is 53.1 Å². The third-order valence-corrected chi connectivity index (χ3v) is 2.65. The van der Waals surface area contributed by atoms with Crippen LogP contribution in [0.4, 0.5) is 4.39 Å². The summed E-state index contributed by atoms with van der Waals surface area (Å²) in [4.78, 5) is 3.87. The highest BCUT2D eigenvalue weighted by Gasteiger charge is 2.06. The first kappa shape index (κ1) is 12.6. The molecule has 0 unspecified atom stereocenters. The van der Waals surface area contributed by atoms with Gasteiger partial charge in [-0.25, -0.2) is 9.37 Å². The van der Waals surface area contributed by atoms with Crippen molar-refractivity contribution < 1.29 is 13.9 Å². The molecular weight excluding hydrogens is 257 g/mol. The van der Waals surface area contributed by atoms with Gasteiger partial charge in [0.15, 0.2) is 10.9 Å². The van der Waals surface area contributed by atoms with Crippen LogP contribution >= 0.6 is 11.6 Å². The van der Waals surface area contributed by atoms with E-state index in [1.807, 2.05) is 0 Å². The average molecular weight is 268 g/mol. The van der Waals surface area contributed by atoms with Crippen LogP contribution in [0.2, 0.25) is 5.15 Å². The fourth-order valence-electron chi connectivity index (χ4n) is 1.41. The van der Waals surface area contributed by atoms with Crippen LogP contribution in [0, 0.1) is 5.82 Å². The Morgan fingerprint density at radius 2 is 2.17 bits per heavy atom. The molecule has 0 saturated heterocycles. The SMILES string of the molecule is COc1ccc(COc2cccnc2Cl)c(F)c1. The second-order valence-corrected chi connectivity index (χ2v) is 3.90. The number of pyridine rings is 1. The molecule has 2 aromatic rings. The molecule has 94 valence electrons. The minimum absolute atomic E-state index is 0.0846.